The predicted molar refractivity (Wildman–Crippen MR) is 72.2 cm³/mol. The molecule has 1 atom stereocenters. The van der Waals surface area contributed by atoms with Crippen molar-refractivity contribution < 1.29 is 5.11 Å². The van der Waals surface area contributed by atoms with Crippen molar-refractivity contribution in [2.75, 3.05) is 13.2 Å². The standard InChI is InChI=1S/C14H25N3O/c1-17-10-13(9-16-17)14(11-18)15-8-12-6-4-2-3-5-7-12/h9-10,12,14-15,18H,2-8,11H2,1H3. The summed E-state index contributed by atoms with van der Waals surface area (Å²) in [7, 11) is 1.91. The molecule has 0 aromatic carbocycles. The molecule has 1 heterocycles. The van der Waals surface area contributed by atoms with Gasteiger partial charge >= 0.3 is 0 Å². The van der Waals surface area contributed by atoms with Gasteiger partial charge in [-0.25, -0.2) is 0 Å². The van der Waals surface area contributed by atoms with Gasteiger partial charge in [0, 0.05) is 18.8 Å². The average Bonchev–Trinajstić information content (AvgIpc) is 2.65. The van der Waals surface area contributed by atoms with Crippen molar-refractivity contribution in [1.82, 2.24) is 15.1 Å². The highest BCUT2D eigenvalue weighted by molar-refractivity contribution is 5.10. The molecule has 18 heavy (non-hydrogen) atoms. The van der Waals surface area contributed by atoms with E-state index in [4.69, 9.17) is 0 Å². The number of rotatable bonds is 5. The summed E-state index contributed by atoms with van der Waals surface area (Å²) in [5.41, 5.74) is 1.08. The van der Waals surface area contributed by atoms with E-state index >= 15 is 0 Å². The van der Waals surface area contributed by atoms with E-state index in [1.54, 1.807) is 4.68 Å². The molecule has 102 valence electrons. The van der Waals surface area contributed by atoms with Gasteiger partial charge in [0.15, 0.2) is 0 Å². The highest BCUT2D eigenvalue weighted by atomic mass is 16.3. The van der Waals surface area contributed by atoms with Crippen LogP contribution in [0.15, 0.2) is 12.4 Å². The molecule has 4 heteroatoms. The van der Waals surface area contributed by atoms with Gasteiger partial charge in [-0.2, -0.15) is 5.10 Å². The largest absolute Gasteiger partial charge is 0.394 e. The summed E-state index contributed by atoms with van der Waals surface area (Å²) in [6.07, 6.45) is 12.0. The smallest absolute Gasteiger partial charge is 0.0627 e. The number of nitrogens with one attached hydrogen (secondary N) is 1. The molecule has 1 fully saturated rings. The topological polar surface area (TPSA) is 50.1 Å². The molecule has 1 aliphatic rings. The van der Waals surface area contributed by atoms with E-state index in [-0.39, 0.29) is 12.6 Å². The molecule has 1 unspecified atom stereocenters. The zero-order valence-corrected chi connectivity index (χ0v) is 11.3. The van der Waals surface area contributed by atoms with Crippen LogP contribution >= 0.6 is 0 Å². The third-order valence-electron chi connectivity index (χ3n) is 3.94. The molecule has 1 saturated carbocycles. The van der Waals surface area contributed by atoms with Crippen molar-refractivity contribution in [3.63, 3.8) is 0 Å². The summed E-state index contributed by atoms with van der Waals surface area (Å²) in [6.45, 7) is 1.15. The Labute approximate surface area is 109 Å². The highest BCUT2D eigenvalue weighted by Gasteiger charge is 2.16. The molecule has 4 nitrogen and oxygen atoms in total. The summed E-state index contributed by atoms with van der Waals surface area (Å²) < 4.78 is 1.78. The normalized spacial score (nSPS) is 19.7. The number of hydrogen-bond acceptors (Lipinski definition) is 3. The molecule has 1 aromatic rings. The Balaban J connectivity index is 1.83. The molecule has 2 N–H and O–H groups in total. The van der Waals surface area contributed by atoms with E-state index < -0.39 is 0 Å². The lowest BCUT2D eigenvalue weighted by Crippen LogP contribution is -2.29. The molecule has 0 radical (unpaired) electrons. The SMILES string of the molecule is Cn1cc(C(CO)NCC2CCCCCC2)cn1. The first-order chi connectivity index (χ1) is 8.79. The van der Waals surface area contributed by atoms with Crippen LogP contribution in [-0.2, 0) is 7.05 Å². The van der Waals surface area contributed by atoms with Crippen LogP contribution < -0.4 is 5.32 Å². The van der Waals surface area contributed by atoms with Crippen LogP contribution in [0, 0.1) is 5.92 Å². The van der Waals surface area contributed by atoms with Crippen molar-refractivity contribution in [2.24, 2.45) is 13.0 Å². The molecule has 0 saturated heterocycles. The van der Waals surface area contributed by atoms with E-state index in [0.717, 1.165) is 18.0 Å². The monoisotopic (exact) mass is 251 g/mol. The second-order valence-electron chi connectivity index (χ2n) is 5.45. The van der Waals surface area contributed by atoms with Crippen molar-refractivity contribution >= 4 is 0 Å². The highest BCUT2D eigenvalue weighted by Crippen LogP contribution is 2.23. The van der Waals surface area contributed by atoms with Crippen LogP contribution in [0.25, 0.3) is 0 Å². The van der Waals surface area contributed by atoms with E-state index in [2.05, 4.69) is 10.4 Å². The van der Waals surface area contributed by atoms with Crippen molar-refractivity contribution in [1.29, 1.82) is 0 Å². The predicted octanol–water partition coefficient (Wildman–Crippen LogP) is 2.01. The molecule has 2 rings (SSSR count). The Kier molecular flexibility index (Phi) is 5.20. The molecule has 0 aliphatic heterocycles. The molecular formula is C14H25N3O. The third-order valence-corrected chi connectivity index (χ3v) is 3.94. The van der Waals surface area contributed by atoms with Gasteiger partial charge in [0.1, 0.15) is 0 Å². The van der Waals surface area contributed by atoms with Crippen molar-refractivity contribution in [3.8, 4) is 0 Å². The maximum Gasteiger partial charge on any atom is 0.0627 e. The average molecular weight is 251 g/mol. The van der Waals surface area contributed by atoms with Gasteiger partial charge in [0.05, 0.1) is 18.8 Å². The van der Waals surface area contributed by atoms with E-state index in [1.807, 2.05) is 19.4 Å². The maximum atomic E-state index is 9.47. The lowest BCUT2D eigenvalue weighted by molar-refractivity contribution is 0.236. The molecule has 0 spiro atoms. The summed E-state index contributed by atoms with van der Waals surface area (Å²) in [6, 6.07) is 0.0296. The number of hydrogen-bond donors (Lipinski definition) is 2. The third kappa shape index (κ3) is 3.82. The number of aromatic nitrogens is 2. The minimum atomic E-state index is 0.0296. The Hall–Kier alpha value is -0.870. The number of nitrogens with zero attached hydrogens (tertiary/aromatic N) is 2. The summed E-state index contributed by atoms with van der Waals surface area (Å²) >= 11 is 0. The Morgan fingerprint density at radius 2 is 2.11 bits per heavy atom. The Morgan fingerprint density at radius 1 is 1.39 bits per heavy atom. The van der Waals surface area contributed by atoms with Gasteiger partial charge in [0.2, 0.25) is 0 Å². The number of aliphatic hydroxyl groups is 1. The first kappa shape index (κ1) is 13.6. The van der Waals surface area contributed by atoms with Gasteiger partial charge in [-0.1, -0.05) is 25.7 Å². The first-order valence-electron chi connectivity index (χ1n) is 7.12. The van der Waals surface area contributed by atoms with Crippen LogP contribution in [0.4, 0.5) is 0 Å². The van der Waals surface area contributed by atoms with Crippen molar-refractivity contribution in [2.45, 2.75) is 44.6 Å². The number of aliphatic hydroxyl groups excluding tert-OH is 1. The second-order valence-corrected chi connectivity index (χ2v) is 5.45. The summed E-state index contributed by atoms with van der Waals surface area (Å²) in [4.78, 5) is 0. The molecule has 0 bridgehead atoms. The zero-order valence-electron chi connectivity index (χ0n) is 11.3. The van der Waals surface area contributed by atoms with Gasteiger partial charge < -0.3 is 10.4 Å². The summed E-state index contributed by atoms with van der Waals surface area (Å²) in [5, 5.41) is 17.1. The molecule has 0 amide bonds. The van der Waals surface area contributed by atoms with E-state index in [1.165, 1.54) is 38.5 Å². The van der Waals surface area contributed by atoms with E-state index in [9.17, 15) is 5.11 Å². The Bertz CT molecular complexity index is 343. The van der Waals surface area contributed by atoms with Gasteiger partial charge in [-0.05, 0) is 25.3 Å². The fraction of sp³-hybridized carbons (Fsp3) is 0.786. The molecule has 1 aliphatic carbocycles. The second kappa shape index (κ2) is 6.90. The lowest BCUT2D eigenvalue weighted by Gasteiger charge is -2.20. The van der Waals surface area contributed by atoms with Gasteiger partial charge in [0.25, 0.3) is 0 Å². The van der Waals surface area contributed by atoms with Crippen LogP contribution in [0.3, 0.4) is 0 Å². The first-order valence-corrected chi connectivity index (χ1v) is 7.12. The van der Waals surface area contributed by atoms with Gasteiger partial charge in [-0.15, -0.1) is 0 Å². The van der Waals surface area contributed by atoms with E-state index in [0.29, 0.717) is 0 Å². The summed E-state index contributed by atoms with van der Waals surface area (Å²) in [5.74, 6) is 0.776. The number of aryl methyl sites for hydroxylation is 1. The molecular weight excluding hydrogens is 226 g/mol. The van der Waals surface area contributed by atoms with Crippen LogP contribution in [0.5, 0.6) is 0 Å². The molecule has 1 aromatic heterocycles. The van der Waals surface area contributed by atoms with Crippen molar-refractivity contribution in [3.05, 3.63) is 18.0 Å². The van der Waals surface area contributed by atoms with Crippen LogP contribution in [0.1, 0.15) is 50.1 Å². The van der Waals surface area contributed by atoms with Crippen LogP contribution in [-0.4, -0.2) is 28.0 Å². The minimum absolute atomic E-state index is 0.0296. The zero-order chi connectivity index (χ0) is 12.8. The quantitative estimate of drug-likeness (QED) is 0.787. The van der Waals surface area contributed by atoms with Gasteiger partial charge in [-0.3, -0.25) is 4.68 Å². The lowest BCUT2D eigenvalue weighted by atomic mass is 10.00. The fourth-order valence-corrected chi connectivity index (χ4v) is 2.78. The fourth-order valence-electron chi connectivity index (χ4n) is 2.78. The Morgan fingerprint density at radius 3 is 2.67 bits per heavy atom. The minimum Gasteiger partial charge on any atom is -0.394 e. The van der Waals surface area contributed by atoms with Crippen LogP contribution in [0.2, 0.25) is 0 Å². The maximum absolute atomic E-state index is 9.47.